The van der Waals surface area contributed by atoms with Crippen LogP contribution < -0.4 is 10.4 Å². The Labute approximate surface area is 205 Å². The van der Waals surface area contributed by atoms with Crippen molar-refractivity contribution in [3.05, 3.63) is 72.8 Å². The van der Waals surface area contributed by atoms with Crippen molar-refractivity contribution < 1.29 is 14.3 Å². The Kier molecular flexibility index (Phi) is 9.37. The molecule has 0 aromatic heterocycles. The van der Waals surface area contributed by atoms with Crippen LogP contribution >= 0.6 is 11.6 Å². The van der Waals surface area contributed by atoms with Crippen LogP contribution in [0.15, 0.2) is 72.8 Å². The molecule has 3 nitrogen and oxygen atoms in total. The molecule has 0 bridgehead atoms. The lowest BCUT2D eigenvalue weighted by atomic mass is 10.1. The number of halogens is 1. The first-order valence-corrected chi connectivity index (χ1v) is 14.5. The lowest BCUT2D eigenvalue weighted by molar-refractivity contribution is -0.0819. The Hall–Kier alpha value is -1.43. The van der Waals surface area contributed by atoms with Gasteiger partial charge in [0, 0.05) is 6.61 Å². The highest BCUT2D eigenvalue weighted by Gasteiger charge is 2.50. The SMILES string of the molecule is CC[C@H]1O[C@@H](CCO[Si](c2ccccc2)(c2ccccc2)C(C)(C)C)[C@@H](Cl)C/C=C\C[C@@H]1O. The molecule has 1 heterocycles. The van der Waals surface area contributed by atoms with Gasteiger partial charge >= 0.3 is 0 Å². The second-order valence-corrected chi connectivity index (χ2v) is 14.8. The zero-order valence-electron chi connectivity index (χ0n) is 20.4. The molecule has 1 aliphatic rings. The largest absolute Gasteiger partial charge is 0.407 e. The summed E-state index contributed by atoms with van der Waals surface area (Å²) in [4.78, 5) is 0. The quantitative estimate of drug-likeness (QED) is 0.322. The van der Waals surface area contributed by atoms with Gasteiger partial charge in [-0.25, -0.2) is 0 Å². The van der Waals surface area contributed by atoms with E-state index in [1.165, 1.54) is 10.4 Å². The number of benzene rings is 2. The van der Waals surface area contributed by atoms with Crippen LogP contribution in [0.3, 0.4) is 0 Å². The van der Waals surface area contributed by atoms with Gasteiger partial charge in [0.05, 0.1) is 23.7 Å². The van der Waals surface area contributed by atoms with Crippen LogP contribution in [-0.4, -0.2) is 43.7 Å². The molecule has 0 saturated carbocycles. The molecule has 4 atom stereocenters. The van der Waals surface area contributed by atoms with Gasteiger partial charge in [-0.3, -0.25) is 0 Å². The first-order chi connectivity index (χ1) is 15.8. The molecule has 0 amide bonds. The van der Waals surface area contributed by atoms with E-state index in [2.05, 4.69) is 94.4 Å². The van der Waals surface area contributed by atoms with Crippen molar-refractivity contribution in [2.75, 3.05) is 6.61 Å². The number of aliphatic hydroxyl groups excluding tert-OH is 1. The van der Waals surface area contributed by atoms with Crippen LogP contribution in [0, 0.1) is 0 Å². The summed E-state index contributed by atoms with van der Waals surface area (Å²) in [6.07, 6.45) is 5.97. The van der Waals surface area contributed by atoms with Gasteiger partial charge in [-0.15, -0.1) is 11.6 Å². The van der Waals surface area contributed by atoms with Crippen molar-refractivity contribution in [1.29, 1.82) is 0 Å². The van der Waals surface area contributed by atoms with E-state index in [-0.39, 0.29) is 22.6 Å². The minimum Gasteiger partial charge on any atom is -0.407 e. The molecule has 5 heteroatoms. The highest BCUT2D eigenvalue weighted by Crippen LogP contribution is 2.37. The summed E-state index contributed by atoms with van der Waals surface area (Å²) in [6, 6.07) is 21.4. The Morgan fingerprint density at radius 2 is 1.48 bits per heavy atom. The molecule has 1 N–H and O–H groups in total. The zero-order valence-corrected chi connectivity index (χ0v) is 22.2. The molecule has 2 aromatic rings. The molecule has 33 heavy (non-hydrogen) atoms. The lowest BCUT2D eigenvalue weighted by Gasteiger charge is -2.43. The van der Waals surface area contributed by atoms with Crippen LogP contribution in [0.5, 0.6) is 0 Å². The normalized spacial score (nSPS) is 25.6. The Bertz CT molecular complexity index is 826. The van der Waals surface area contributed by atoms with Crippen molar-refractivity contribution in [3.63, 3.8) is 0 Å². The summed E-state index contributed by atoms with van der Waals surface area (Å²) in [6.45, 7) is 9.46. The lowest BCUT2D eigenvalue weighted by Crippen LogP contribution is -2.66. The maximum absolute atomic E-state index is 10.5. The van der Waals surface area contributed by atoms with Gasteiger partial charge in [0.25, 0.3) is 8.32 Å². The smallest absolute Gasteiger partial charge is 0.261 e. The molecule has 180 valence electrons. The van der Waals surface area contributed by atoms with Gasteiger partial charge in [0.2, 0.25) is 0 Å². The second-order valence-electron chi connectivity index (χ2n) is 9.95. The highest BCUT2D eigenvalue weighted by atomic mass is 35.5. The van der Waals surface area contributed by atoms with E-state index >= 15 is 0 Å². The zero-order chi connectivity index (χ0) is 23.9. The number of allylic oxidation sites excluding steroid dienone is 1. The third-order valence-electron chi connectivity index (χ3n) is 6.63. The third kappa shape index (κ3) is 6.17. The maximum Gasteiger partial charge on any atom is 0.261 e. The molecule has 0 radical (unpaired) electrons. The molecule has 0 spiro atoms. The number of ether oxygens (including phenoxy) is 1. The van der Waals surface area contributed by atoms with E-state index in [1.807, 2.05) is 6.08 Å². The minimum atomic E-state index is -2.59. The van der Waals surface area contributed by atoms with E-state index in [0.717, 1.165) is 12.8 Å². The second kappa shape index (κ2) is 11.8. The van der Waals surface area contributed by atoms with Crippen LogP contribution in [0.1, 0.15) is 53.4 Å². The Morgan fingerprint density at radius 1 is 0.939 bits per heavy atom. The number of alkyl halides is 1. The maximum atomic E-state index is 10.5. The average molecular weight is 487 g/mol. The molecular weight excluding hydrogens is 448 g/mol. The number of rotatable bonds is 7. The van der Waals surface area contributed by atoms with Crippen molar-refractivity contribution >= 4 is 30.3 Å². The molecular formula is C28H39ClO3Si. The molecule has 0 saturated heterocycles. The van der Waals surface area contributed by atoms with Gasteiger partial charge in [-0.2, -0.15) is 0 Å². The molecule has 0 aliphatic carbocycles. The van der Waals surface area contributed by atoms with E-state index in [4.69, 9.17) is 20.8 Å². The predicted molar refractivity (Wildman–Crippen MR) is 141 cm³/mol. The molecule has 0 fully saturated rings. The highest BCUT2D eigenvalue weighted by molar-refractivity contribution is 6.99. The fraction of sp³-hybridized carbons (Fsp3) is 0.500. The van der Waals surface area contributed by atoms with Crippen LogP contribution in [0.4, 0.5) is 0 Å². The van der Waals surface area contributed by atoms with Crippen molar-refractivity contribution in [3.8, 4) is 0 Å². The van der Waals surface area contributed by atoms with E-state index in [1.54, 1.807) is 0 Å². The Balaban J connectivity index is 1.89. The molecule has 2 aromatic carbocycles. The van der Waals surface area contributed by atoms with Gasteiger partial charge in [0.1, 0.15) is 0 Å². The fourth-order valence-corrected chi connectivity index (χ4v) is 9.74. The standard InChI is InChI=1S/C28H39ClO3Si/c1-5-26-25(30)19-13-12-18-24(29)27(32-26)20-21-31-33(28(2,3)4,22-14-8-6-9-15-22)23-16-10-7-11-17-23/h6-17,24-27,30H,5,18-21H2,1-4H3/b13-12-/t24-,25-,26+,27-/m0/s1. The summed E-state index contributed by atoms with van der Waals surface area (Å²) in [5.74, 6) is 0. The van der Waals surface area contributed by atoms with Crippen LogP contribution in [0.2, 0.25) is 5.04 Å². The van der Waals surface area contributed by atoms with Crippen molar-refractivity contribution in [2.45, 2.75) is 82.1 Å². The summed E-state index contributed by atoms with van der Waals surface area (Å²) >= 11 is 6.77. The van der Waals surface area contributed by atoms with Crippen LogP contribution in [0.25, 0.3) is 0 Å². The fourth-order valence-electron chi connectivity index (χ4n) is 4.87. The first kappa shape index (κ1) is 26.2. The number of aliphatic hydroxyl groups is 1. The third-order valence-corrected chi connectivity index (χ3v) is 12.1. The van der Waals surface area contributed by atoms with E-state index < -0.39 is 14.4 Å². The van der Waals surface area contributed by atoms with Crippen molar-refractivity contribution in [2.24, 2.45) is 0 Å². The molecule has 3 rings (SSSR count). The van der Waals surface area contributed by atoms with Gasteiger partial charge in [-0.05, 0) is 41.1 Å². The van der Waals surface area contributed by atoms with Crippen molar-refractivity contribution in [1.82, 2.24) is 0 Å². The van der Waals surface area contributed by atoms with Gasteiger partial charge in [0.15, 0.2) is 0 Å². The number of hydrogen-bond donors (Lipinski definition) is 1. The summed E-state index contributed by atoms with van der Waals surface area (Å²) in [5.41, 5.74) is 0. The van der Waals surface area contributed by atoms with Gasteiger partial charge < -0.3 is 14.3 Å². The monoisotopic (exact) mass is 486 g/mol. The number of hydrogen-bond acceptors (Lipinski definition) is 3. The minimum absolute atomic E-state index is 0.0692. The van der Waals surface area contributed by atoms with E-state index in [0.29, 0.717) is 19.4 Å². The average Bonchev–Trinajstić information content (AvgIpc) is 2.87. The topological polar surface area (TPSA) is 38.7 Å². The molecule has 1 aliphatic heterocycles. The Morgan fingerprint density at radius 3 is 2.00 bits per heavy atom. The van der Waals surface area contributed by atoms with Crippen LogP contribution in [-0.2, 0) is 9.16 Å². The summed E-state index contributed by atoms with van der Waals surface area (Å²) < 4.78 is 13.4. The summed E-state index contributed by atoms with van der Waals surface area (Å²) in [7, 11) is -2.59. The first-order valence-electron chi connectivity index (χ1n) is 12.2. The predicted octanol–water partition coefficient (Wildman–Crippen LogP) is 5.44. The summed E-state index contributed by atoms with van der Waals surface area (Å²) in [5, 5.41) is 12.8. The molecule has 0 unspecified atom stereocenters. The van der Waals surface area contributed by atoms with E-state index in [9.17, 15) is 5.11 Å². The van der Waals surface area contributed by atoms with Gasteiger partial charge in [-0.1, -0.05) is 101 Å².